The van der Waals surface area contributed by atoms with Gasteiger partial charge in [0.05, 0.1) is 17.7 Å². The third-order valence-corrected chi connectivity index (χ3v) is 4.33. The van der Waals surface area contributed by atoms with Gasteiger partial charge < -0.3 is 19.5 Å². The zero-order valence-corrected chi connectivity index (χ0v) is 15.4. The van der Waals surface area contributed by atoms with Crippen molar-refractivity contribution in [2.24, 2.45) is 0 Å². The number of ether oxygens (including phenoxy) is 2. The lowest BCUT2D eigenvalue weighted by Crippen LogP contribution is -2.56. The van der Waals surface area contributed by atoms with E-state index >= 15 is 0 Å². The number of aromatic carboxylic acids is 1. The van der Waals surface area contributed by atoms with Crippen molar-refractivity contribution in [3.8, 4) is 5.75 Å². The Morgan fingerprint density at radius 2 is 1.74 bits per heavy atom. The quantitative estimate of drug-likeness (QED) is 0.876. The first-order valence-electron chi connectivity index (χ1n) is 8.82. The van der Waals surface area contributed by atoms with Crippen LogP contribution in [0.25, 0.3) is 0 Å². The van der Waals surface area contributed by atoms with Crippen molar-refractivity contribution < 1.29 is 24.2 Å². The number of carboxylic acids is 1. The van der Waals surface area contributed by atoms with E-state index in [0.29, 0.717) is 25.3 Å². The molecule has 2 aromatic carbocycles. The van der Waals surface area contributed by atoms with E-state index in [-0.39, 0.29) is 17.6 Å². The van der Waals surface area contributed by atoms with Crippen molar-refractivity contribution in [3.05, 3.63) is 65.7 Å². The molecular formula is C21H23NO5. The summed E-state index contributed by atoms with van der Waals surface area (Å²) in [5.41, 5.74) is 0.114. The molecule has 1 N–H and O–H groups in total. The molecule has 1 saturated heterocycles. The summed E-state index contributed by atoms with van der Waals surface area (Å²) in [5.74, 6) is -0.403. The molecule has 1 fully saturated rings. The van der Waals surface area contributed by atoms with Gasteiger partial charge in [0.15, 0.2) is 0 Å². The summed E-state index contributed by atoms with van der Waals surface area (Å²) in [6, 6.07) is 15.4. The Kier molecular flexibility index (Phi) is 5.46. The Labute approximate surface area is 158 Å². The van der Waals surface area contributed by atoms with Crippen molar-refractivity contribution in [1.29, 1.82) is 0 Å². The zero-order chi connectivity index (χ0) is 19.4. The molecule has 0 aromatic heterocycles. The Morgan fingerprint density at radius 1 is 1.11 bits per heavy atom. The van der Waals surface area contributed by atoms with Gasteiger partial charge in [0.1, 0.15) is 18.5 Å². The second kappa shape index (κ2) is 7.80. The molecule has 1 atom stereocenters. The average Bonchev–Trinajstić information content (AvgIpc) is 2.65. The maximum absolute atomic E-state index is 12.9. The summed E-state index contributed by atoms with van der Waals surface area (Å²) in [6.07, 6.45) is -0.254. The average molecular weight is 369 g/mol. The van der Waals surface area contributed by atoms with Crippen LogP contribution in [-0.4, -0.2) is 53.3 Å². The summed E-state index contributed by atoms with van der Waals surface area (Å²) in [5, 5.41) is 8.99. The molecular weight excluding hydrogens is 346 g/mol. The van der Waals surface area contributed by atoms with Gasteiger partial charge in [0, 0.05) is 12.1 Å². The highest BCUT2D eigenvalue weighted by molar-refractivity contribution is 5.96. The van der Waals surface area contributed by atoms with Gasteiger partial charge in [-0.3, -0.25) is 4.79 Å². The third-order valence-electron chi connectivity index (χ3n) is 4.33. The molecule has 0 bridgehead atoms. The van der Waals surface area contributed by atoms with Crippen LogP contribution in [0.5, 0.6) is 5.75 Å². The number of carboxylic acid groups (broad SMARTS) is 1. The predicted molar refractivity (Wildman–Crippen MR) is 100 cm³/mol. The Bertz CT molecular complexity index is 801. The molecule has 1 aliphatic heterocycles. The van der Waals surface area contributed by atoms with Crippen LogP contribution < -0.4 is 4.74 Å². The minimum atomic E-state index is -1.01. The van der Waals surface area contributed by atoms with Crippen LogP contribution in [0.1, 0.15) is 34.6 Å². The highest BCUT2D eigenvalue weighted by atomic mass is 16.5. The van der Waals surface area contributed by atoms with Crippen molar-refractivity contribution in [2.45, 2.75) is 25.6 Å². The smallest absolute Gasteiger partial charge is 0.335 e. The number of morpholine rings is 1. The van der Waals surface area contributed by atoms with E-state index in [1.54, 1.807) is 17.0 Å². The van der Waals surface area contributed by atoms with E-state index in [0.717, 1.165) is 5.75 Å². The topological polar surface area (TPSA) is 76.1 Å². The number of carbonyl (C=O) groups is 2. The van der Waals surface area contributed by atoms with E-state index in [1.807, 2.05) is 44.2 Å². The van der Waals surface area contributed by atoms with Crippen molar-refractivity contribution in [1.82, 2.24) is 4.90 Å². The molecule has 0 spiro atoms. The molecule has 1 heterocycles. The molecule has 1 aliphatic rings. The maximum atomic E-state index is 12.9. The first-order valence-corrected chi connectivity index (χ1v) is 8.82. The van der Waals surface area contributed by atoms with Gasteiger partial charge in [0.2, 0.25) is 0 Å². The predicted octanol–water partition coefficient (Wildman–Crippen LogP) is 3.08. The second-order valence-electron chi connectivity index (χ2n) is 7.19. The molecule has 142 valence electrons. The molecule has 27 heavy (non-hydrogen) atoms. The molecule has 2 aromatic rings. The van der Waals surface area contributed by atoms with E-state index in [1.165, 1.54) is 12.1 Å². The number of hydrogen-bond acceptors (Lipinski definition) is 4. The van der Waals surface area contributed by atoms with Gasteiger partial charge in [-0.25, -0.2) is 4.79 Å². The molecule has 0 aliphatic carbocycles. The number of hydrogen-bond donors (Lipinski definition) is 1. The zero-order valence-electron chi connectivity index (χ0n) is 15.4. The second-order valence-corrected chi connectivity index (χ2v) is 7.19. The van der Waals surface area contributed by atoms with Gasteiger partial charge in [-0.1, -0.05) is 18.2 Å². The lowest BCUT2D eigenvalue weighted by molar-refractivity contribution is -0.136. The van der Waals surface area contributed by atoms with Gasteiger partial charge in [-0.15, -0.1) is 0 Å². The van der Waals surface area contributed by atoms with Crippen molar-refractivity contribution in [3.63, 3.8) is 0 Å². The number of benzene rings is 2. The van der Waals surface area contributed by atoms with Crippen LogP contribution in [0.2, 0.25) is 0 Å². The van der Waals surface area contributed by atoms with Crippen LogP contribution >= 0.6 is 0 Å². The maximum Gasteiger partial charge on any atom is 0.335 e. The number of rotatable bonds is 5. The third kappa shape index (κ3) is 4.86. The Hall–Kier alpha value is -2.86. The van der Waals surface area contributed by atoms with E-state index in [4.69, 9.17) is 14.6 Å². The minimum absolute atomic E-state index is 0.145. The fraction of sp³-hybridized carbons (Fsp3) is 0.333. The lowest BCUT2D eigenvalue weighted by atomic mass is 10.0. The highest BCUT2D eigenvalue weighted by Crippen LogP contribution is 2.23. The number of nitrogens with zero attached hydrogens (tertiary/aromatic N) is 1. The number of carbonyl (C=O) groups excluding carboxylic acids is 1. The van der Waals surface area contributed by atoms with Crippen LogP contribution in [-0.2, 0) is 4.74 Å². The first-order chi connectivity index (χ1) is 12.8. The molecule has 6 heteroatoms. The van der Waals surface area contributed by atoms with Crippen LogP contribution in [0, 0.1) is 0 Å². The molecule has 1 unspecified atom stereocenters. The van der Waals surface area contributed by atoms with Crippen molar-refractivity contribution in [2.75, 3.05) is 19.7 Å². The van der Waals surface area contributed by atoms with Crippen LogP contribution in [0.3, 0.4) is 0 Å². The summed E-state index contributed by atoms with van der Waals surface area (Å²) in [6.45, 7) is 5.09. The monoisotopic (exact) mass is 369 g/mol. The molecule has 3 rings (SSSR count). The number of amides is 1. The molecule has 1 amide bonds. The van der Waals surface area contributed by atoms with Gasteiger partial charge in [-0.05, 0) is 50.2 Å². The summed E-state index contributed by atoms with van der Waals surface area (Å²) in [7, 11) is 0. The SMILES string of the molecule is CC1(C)CN(C(=O)c2ccc(C(=O)O)cc2)CC(COc2ccccc2)O1. The Morgan fingerprint density at radius 3 is 2.37 bits per heavy atom. The largest absolute Gasteiger partial charge is 0.491 e. The fourth-order valence-electron chi connectivity index (χ4n) is 3.18. The lowest BCUT2D eigenvalue weighted by Gasteiger charge is -2.42. The fourth-order valence-corrected chi connectivity index (χ4v) is 3.18. The number of para-hydroxylation sites is 1. The normalized spacial score (nSPS) is 18.7. The molecule has 6 nitrogen and oxygen atoms in total. The molecule has 0 radical (unpaired) electrons. The van der Waals surface area contributed by atoms with Gasteiger partial charge >= 0.3 is 5.97 Å². The van der Waals surface area contributed by atoms with E-state index in [9.17, 15) is 9.59 Å². The minimum Gasteiger partial charge on any atom is -0.491 e. The standard InChI is InChI=1S/C21H23NO5/c1-21(2)14-22(19(23)15-8-10-16(11-9-15)20(24)25)12-18(27-21)13-26-17-6-4-3-5-7-17/h3-11,18H,12-14H2,1-2H3,(H,24,25). The summed E-state index contributed by atoms with van der Waals surface area (Å²) >= 11 is 0. The van der Waals surface area contributed by atoms with Crippen LogP contribution in [0.15, 0.2) is 54.6 Å². The highest BCUT2D eigenvalue weighted by Gasteiger charge is 2.36. The van der Waals surface area contributed by atoms with Crippen LogP contribution in [0.4, 0.5) is 0 Å². The van der Waals surface area contributed by atoms with E-state index in [2.05, 4.69) is 0 Å². The molecule has 0 saturated carbocycles. The van der Waals surface area contributed by atoms with Gasteiger partial charge in [0.25, 0.3) is 5.91 Å². The van der Waals surface area contributed by atoms with E-state index < -0.39 is 11.6 Å². The first kappa shape index (κ1) is 18.9. The summed E-state index contributed by atoms with van der Waals surface area (Å²) in [4.78, 5) is 25.6. The Balaban J connectivity index is 1.68. The summed E-state index contributed by atoms with van der Waals surface area (Å²) < 4.78 is 11.9. The van der Waals surface area contributed by atoms with Gasteiger partial charge in [-0.2, -0.15) is 0 Å². The van der Waals surface area contributed by atoms with Crippen molar-refractivity contribution >= 4 is 11.9 Å².